The highest BCUT2D eigenvalue weighted by atomic mass is 19.1. The van der Waals surface area contributed by atoms with Crippen molar-refractivity contribution in [2.75, 3.05) is 5.32 Å². The zero-order chi connectivity index (χ0) is 27.7. The van der Waals surface area contributed by atoms with Gasteiger partial charge in [0.15, 0.2) is 23.0 Å². The van der Waals surface area contributed by atoms with Crippen molar-refractivity contribution in [3.63, 3.8) is 0 Å². The first kappa shape index (κ1) is 25.4. The molecule has 0 aliphatic carbocycles. The lowest BCUT2D eigenvalue weighted by Crippen LogP contribution is -2.26. The number of hydrogen-bond acceptors (Lipinski definition) is 6. The molecule has 2 aromatic carbocycles. The first-order valence-electron chi connectivity index (χ1n) is 11.8. The molecule has 0 fully saturated rings. The monoisotopic (exact) mass is 525 g/mol. The summed E-state index contributed by atoms with van der Waals surface area (Å²) in [4.78, 5) is 34.6. The van der Waals surface area contributed by atoms with Gasteiger partial charge in [-0.2, -0.15) is 5.10 Å². The Hall–Kier alpha value is -5.25. The number of carbonyl (C=O) groups excluding carboxylic acids is 1. The van der Waals surface area contributed by atoms with E-state index in [0.29, 0.717) is 28.0 Å². The summed E-state index contributed by atoms with van der Waals surface area (Å²) in [5.74, 6) is -1.86. The number of hydrogen-bond donors (Lipinski definition) is 2. The quantitative estimate of drug-likeness (QED) is 0.280. The number of halogens is 2. The van der Waals surface area contributed by atoms with E-state index in [0.717, 1.165) is 17.2 Å². The highest BCUT2D eigenvalue weighted by Crippen LogP contribution is 2.31. The van der Waals surface area contributed by atoms with Crippen LogP contribution in [-0.4, -0.2) is 26.1 Å². The van der Waals surface area contributed by atoms with Crippen molar-refractivity contribution in [1.29, 1.82) is 0 Å². The van der Waals surface area contributed by atoms with E-state index in [2.05, 4.69) is 32.1 Å². The van der Waals surface area contributed by atoms with E-state index >= 15 is 0 Å². The Balaban J connectivity index is 1.38. The van der Waals surface area contributed by atoms with Gasteiger partial charge in [0.1, 0.15) is 11.3 Å². The van der Waals surface area contributed by atoms with Crippen molar-refractivity contribution >= 4 is 28.2 Å². The van der Waals surface area contributed by atoms with E-state index in [1.807, 2.05) is 13.0 Å². The first-order chi connectivity index (χ1) is 18.7. The number of anilines is 1. The predicted molar refractivity (Wildman–Crippen MR) is 144 cm³/mol. The summed E-state index contributed by atoms with van der Waals surface area (Å²) in [7, 11) is 0. The third kappa shape index (κ3) is 5.12. The molecule has 10 heteroatoms. The molecule has 0 bridgehead atoms. The number of rotatable bonds is 6. The fraction of sp³-hybridized carbons (Fsp3) is 0.0690. The molecular weight excluding hydrogens is 504 g/mol. The number of nitrogens with one attached hydrogen (secondary N) is 2. The lowest BCUT2D eigenvalue weighted by molar-refractivity contribution is 0.102. The molecule has 5 rings (SSSR count). The van der Waals surface area contributed by atoms with Crippen LogP contribution >= 0.6 is 0 Å². The van der Waals surface area contributed by atoms with Crippen LogP contribution in [-0.2, 0) is 0 Å². The minimum atomic E-state index is -0.842. The predicted octanol–water partition coefficient (Wildman–Crippen LogP) is 6.04. The molecule has 0 aliphatic heterocycles. The van der Waals surface area contributed by atoms with Gasteiger partial charge < -0.3 is 10.1 Å². The van der Waals surface area contributed by atoms with E-state index in [-0.39, 0.29) is 17.0 Å². The number of carbonyl (C=O) groups is 1. The minimum absolute atomic E-state index is 0.0822. The van der Waals surface area contributed by atoms with Crippen molar-refractivity contribution in [3.05, 3.63) is 112 Å². The summed E-state index contributed by atoms with van der Waals surface area (Å²) in [6, 6.07) is 12.5. The van der Waals surface area contributed by atoms with Crippen LogP contribution in [0.25, 0.3) is 27.7 Å². The molecule has 194 valence electrons. The van der Waals surface area contributed by atoms with Gasteiger partial charge in [0, 0.05) is 35.9 Å². The van der Waals surface area contributed by atoms with Crippen molar-refractivity contribution < 1.29 is 18.3 Å². The summed E-state index contributed by atoms with van der Waals surface area (Å²) in [6.07, 6.45) is 3.16. The van der Waals surface area contributed by atoms with Crippen LogP contribution in [0.4, 0.5) is 14.5 Å². The molecule has 8 nitrogen and oxygen atoms in total. The van der Waals surface area contributed by atoms with Gasteiger partial charge >= 0.3 is 0 Å². The smallest absolute Gasteiger partial charge is 0.280 e. The van der Waals surface area contributed by atoms with Gasteiger partial charge in [0.05, 0.1) is 11.1 Å². The minimum Gasteiger partial charge on any atom is -0.452 e. The van der Waals surface area contributed by atoms with Gasteiger partial charge in [-0.15, -0.1) is 0 Å². The highest BCUT2D eigenvalue weighted by molar-refractivity contribution is 6.03. The van der Waals surface area contributed by atoms with Gasteiger partial charge in [-0.05, 0) is 60.9 Å². The van der Waals surface area contributed by atoms with Crippen LogP contribution in [0.1, 0.15) is 28.7 Å². The van der Waals surface area contributed by atoms with E-state index < -0.39 is 28.7 Å². The van der Waals surface area contributed by atoms with E-state index in [9.17, 15) is 18.4 Å². The number of H-pyrrole nitrogens is 1. The molecule has 0 spiro atoms. The van der Waals surface area contributed by atoms with Gasteiger partial charge in [-0.1, -0.05) is 18.7 Å². The van der Waals surface area contributed by atoms with Crippen LogP contribution in [0.3, 0.4) is 0 Å². The topological polar surface area (TPSA) is 110 Å². The number of allylic oxidation sites excluding steroid dienone is 1. The van der Waals surface area contributed by atoms with Crippen LogP contribution < -0.4 is 15.5 Å². The van der Waals surface area contributed by atoms with E-state index in [1.165, 1.54) is 42.6 Å². The lowest BCUT2D eigenvalue weighted by atomic mass is 10.0. The Morgan fingerprint density at radius 3 is 2.51 bits per heavy atom. The summed E-state index contributed by atoms with van der Waals surface area (Å²) < 4.78 is 34.1. The average molecular weight is 526 g/mol. The molecule has 2 N–H and O–H groups in total. The van der Waals surface area contributed by atoms with E-state index in [1.54, 1.807) is 19.2 Å². The molecular formula is C29H21F2N5O3. The molecule has 0 atom stereocenters. The third-order valence-corrected chi connectivity index (χ3v) is 5.94. The van der Waals surface area contributed by atoms with Gasteiger partial charge in [0.2, 0.25) is 5.43 Å². The molecule has 3 heterocycles. The van der Waals surface area contributed by atoms with Crippen molar-refractivity contribution in [2.45, 2.75) is 13.8 Å². The SMILES string of the molecule is C=C(C)c1cnc2c(Oc3ccc(NC(=O)c4n[nH]c(C)c(-c5ccc(F)cc5)c4=O)cc3F)ccnc2c1. The molecule has 0 aliphatic rings. The highest BCUT2D eigenvalue weighted by Gasteiger charge is 2.20. The normalized spacial score (nSPS) is 10.9. The maximum atomic E-state index is 15.0. The van der Waals surface area contributed by atoms with Crippen LogP contribution in [0.15, 0.2) is 78.4 Å². The molecule has 0 saturated heterocycles. The summed E-state index contributed by atoms with van der Waals surface area (Å²) >= 11 is 0. The Kier molecular flexibility index (Phi) is 6.68. The summed E-state index contributed by atoms with van der Waals surface area (Å²) in [5.41, 5.74) is 2.68. The number of pyridine rings is 2. The van der Waals surface area contributed by atoms with Crippen molar-refractivity contribution in [3.8, 4) is 22.6 Å². The number of fused-ring (bicyclic) bond motifs is 1. The third-order valence-electron chi connectivity index (χ3n) is 5.94. The number of nitrogens with zero attached hydrogens (tertiary/aromatic N) is 3. The maximum Gasteiger partial charge on any atom is 0.280 e. The molecule has 3 aromatic heterocycles. The van der Waals surface area contributed by atoms with E-state index in [4.69, 9.17) is 4.74 Å². The zero-order valence-corrected chi connectivity index (χ0v) is 20.9. The second kappa shape index (κ2) is 10.3. The molecule has 5 aromatic rings. The Morgan fingerprint density at radius 1 is 1.03 bits per heavy atom. The van der Waals surface area contributed by atoms with Crippen LogP contribution in [0.5, 0.6) is 11.5 Å². The van der Waals surface area contributed by atoms with Crippen molar-refractivity contribution in [1.82, 2.24) is 20.2 Å². The Labute approximate surface area is 221 Å². The Bertz CT molecular complexity index is 1820. The van der Waals surface area contributed by atoms with Crippen LogP contribution in [0, 0.1) is 18.6 Å². The maximum absolute atomic E-state index is 15.0. The molecule has 39 heavy (non-hydrogen) atoms. The fourth-order valence-electron chi connectivity index (χ4n) is 3.94. The summed E-state index contributed by atoms with van der Waals surface area (Å²) in [5, 5.41) is 8.98. The first-order valence-corrected chi connectivity index (χ1v) is 11.8. The number of amides is 1. The number of aromatic nitrogens is 4. The van der Waals surface area contributed by atoms with Gasteiger partial charge in [-0.25, -0.2) is 8.78 Å². The number of aromatic amines is 1. The van der Waals surface area contributed by atoms with Crippen molar-refractivity contribution in [2.24, 2.45) is 0 Å². The molecule has 0 saturated carbocycles. The second-order valence-corrected chi connectivity index (χ2v) is 8.79. The Morgan fingerprint density at radius 2 is 1.79 bits per heavy atom. The lowest BCUT2D eigenvalue weighted by Gasteiger charge is -2.11. The number of aryl methyl sites for hydroxylation is 1. The molecule has 0 radical (unpaired) electrons. The van der Waals surface area contributed by atoms with Gasteiger partial charge in [-0.3, -0.25) is 24.7 Å². The summed E-state index contributed by atoms with van der Waals surface area (Å²) in [6.45, 7) is 7.37. The van der Waals surface area contributed by atoms with Crippen LogP contribution in [0.2, 0.25) is 0 Å². The average Bonchev–Trinajstić information content (AvgIpc) is 2.91. The standard InChI is InChI=1S/C29H21F2N5O3/c1-15(2)18-12-22-26(33-14-18)24(10-11-32-22)39-23-9-8-20(13-21(23)31)34-29(38)27-28(37)25(16(3)35-36-27)17-4-6-19(30)7-5-17/h4-14H,1H2,2-3H3,(H,34,38)(H,35,37). The number of benzene rings is 2. The zero-order valence-electron chi connectivity index (χ0n) is 20.9. The number of ether oxygens (including phenoxy) is 1. The molecule has 1 amide bonds. The fourth-order valence-corrected chi connectivity index (χ4v) is 3.94. The molecule has 0 unspecified atom stereocenters. The largest absolute Gasteiger partial charge is 0.452 e. The second-order valence-electron chi connectivity index (χ2n) is 8.79. The van der Waals surface area contributed by atoms with Gasteiger partial charge in [0.25, 0.3) is 5.91 Å².